The summed E-state index contributed by atoms with van der Waals surface area (Å²) in [4.78, 5) is 0. The van der Waals surface area contributed by atoms with E-state index < -0.39 is 0 Å². The summed E-state index contributed by atoms with van der Waals surface area (Å²) in [5.41, 5.74) is 5.31. The Labute approximate surface area is 67.3 Å². The van der Waals surface area contributed by atoms with Gasteiger partial charge in [0.15, 0.2) is 0 Å². The molecule has 0 rings (SSSR count). The van der Waals surface area contributed by atoms with Crippen LogP contribution in [-0.4, -0.2) is 12.9 Å². The van der Waals surface area contributed by atoms with E-state index >= 15 is 0 Å². The molecule has 3 heteroatoms. The first kappa shape index (κ1) is 9.85. The summed E-state index contributed by atoms with van der Waals surface area (Å²) >= 11 is 1.70. The first-order chi connectivity index (χ1) is 4.85. The van der Waals surface area contributed by atoms with Crippen molar-refractivity contribution in [1.82, 2.24) is 5.32 Å². The van der Waals surface area contributed by atoms with Crippen LogP contribution in [0.1, 0.15) is 19.8 Å². The zero-order valence-corrected chi connectivity index (χ0v) is 7.50. The number of nitrogens with one attached hydrogen (secondary N) is 1. The van der Waals surface area contributed by atoms with Gasteiger partial charge in [-0.05, 0) is 12.7 Å². The molecule has 0 radical (unpaired) electrons. The van der Waals surface area contributed by atoms with Crippen molar-refractivity contribution in [3.05, 3.63) is 11.1 Å². The van der Waals surface area contributed by atoms with Gasteiger partial charge in [-0.3, -0.25) is 0 Å². The predicted octanol–water partition coefficient (Wildman–Crippen LogP) is 1.50. The summed E-state index contributed by atoms with van der Waals surface area (Å²) in [7, 11) is 0. The van der Waals surface area contributed by atoms with Crippen molar-refractivity contribution in [2.45, 2.75) is 19.8 Å². The zero-order chi connectivity index (χ0) is 7.82. The van der Waals surface area contributed by atoms with Crippen molar-refractivity contribution in [3.8, 4) is 0 Å². The Kier molecular flexibility index (Phi) is 6.86. The van der Waals surface area contributed by atoms with E-state index in [1.54, 1.807) is 11.8 Å². The smallest absolute Gasteiger partial charge is 0.0647 e. The van der Waals surface area contributed by atoms with Gasteiger partial charge in [-0.1, -0.05) is 19.4 Å². The number of nitrogens with two attached hydrogens (primary N) is 1. The number of rotatable bonds is 5. The van der Waals surface area contributed by atoms with Crippen LogP contribution < -0.4 is 11.1 Å². The standard InChI is InChI=1S/C7H16N2S/c1-3-4-5-7(10-2)9-6-8/h5,9H,3-4,6,8H2,1-2H3/b7-5+. The molecule has 0 aliphatic heterocycles. The van der Waals surface area contributed by atoms with Crippen molar-refractivity contribution >= 4 is 11.8 Å². The molecule has 60 valence electrons. The number of hydrogen-bond donors (Lipinski definition) is 2. The minimum atomic E-state index is 0.524. The Hall–Kier alpha value is -0.150. The fraction of sp³-hybridized carbons (Fsp3) is 0.714. The second kappa shape index (κ2) is 6.96. The molecule has 2 nitrogen and oxygen atoms in total. The fourth-order valence-electron chi connectivity index (χ4n) is 0.604. The Morgan fingerprint density at radius 3 is 2.80 bits per heavy atom. The highest BCUT2D eigenvalue weighted by Gasteiger charge is 1.88. The lowest BCUT2D eigenvalue weighted by Gasteiger charge is -2.03. The van der Waals surface area contributed by atoms with E-state index in [4.69, 9.17) is 5.73 Å². The summed E-state index contributed by atoms with van der Waals surface area (Å²) in [5, 5.41) is 4.25. The van der Waals surface area contributed by atoms with Gasteiger partial charge in [-0.25, -0.2) is 0 Å². The molecular weight excluding hydrogens is 144 g/mol. The maximum atomic E-state index is 5.31. The van der Waals surface area contributed by atoms with E-state index in [0.29, 0.717) is 6.67 Å². The van der Waals surface area contributed by atoms with Crippen LogP contribution in [0, 0.1) is 0 Å². The quantitative estimate of drug-likeness (QED) is 0.598. The Morgan fingerprint density at radius 1 is 1.70 bits per heavy atom. The molecule has 0 aromatic rings. The van der Waals surface area contributed by atoms with Gasteiger partial charge in [0.25, 0.3) is 0 Å². The lowest BCUT2D eigenvalue weighted by atomic mass is 10.3. The molecule has 0 aromatic carbocycles. The minimum Gasteiger partial charge on any atom is -0.368 e. The molecule has 0 heterocycles. The van der Waals surface area contributed by atoms with Crippen molar-refractivity contribution in [2.24, 2.45) is 5.73 Å². The predicted molar refractivity (Wildman–Crippen MR) is 48.7 cm³/mol. The second-order valence-electron chi connectivity index (χ2n) is 1.94. The van der Waals surface area contributed by atoms with Crippen LogP contribution >= 0.6 is 11.8 Å². The minimum absolute atomic E-state index is 0.524. The molecule has 0 aliphatic rings. The van der Waals surface area contributed by atoms with Crippen LogP contribution in [-0.2, 0) is 0 Å². The third kappa shape index (κ3) is 4.70. The fourth-order valence-corrected chi connectivity index (χ4v) is 1.12. The first-order valence-electron chi connectivity index (χ1n) is 3.53. The van der Waals surface area contributed by atoms with Crippen LogP contribution in [0.4, 0.5) is 0 Å². The zero-order valence-electron chi connectivity index (χ0n) is 6.68. The summed E-state index contributed by atoms with van der Waals surface area (Å²) < 4.78 is 0. The van der Waals surface area contributed by atoms with E-state index in [9.17, 15) is 0 Å². The third-order valence-corrected chi connectivity index (χ3v) is 1.87. The van der Waals surface area contributed by atoms with E-state index in [1.165, 1.54) is 11.4 Å². The summed E-state index contributed by atoms with van der Waals surface area (Å²) in [5.74, 6) is 0. The molecule has 3 N–H and O–H groups in total. The number of allylic oxidation sites excluding steroid dienone is 1. The van der Waals surface area contributed by atoms with E-state index in [1.807, 2.05) is 6.26 Å². The molecule has 0 saturated heterocycles. The van der Waals surface area contributed by atoms with Crippen molar-refractivity contribution < 1.29 is 0 Å². The SMILES string of the molecule is CCC/C=C(\NCN)SC. The monoisotopic (exact) mass is 160 g/mol. The normalized spacial score (nSPS) is 11.7. The Bertz CT molecular complexity index is 102. The van der Waals surface area contributed by atoms with Crippen molar-refractivity contribution in [2.75, 3.05) is 12.9 Å². The lowest BCUT2D eigenvalue weighted by molar-refractivity contribution is 0.854. The number of thioether (sulfide) groups is 1. The van der Waals surface area contributed by atoms with Gasteiger partial charge in [0, 0.05) is 0 Å². The van der Waals surface area contributed by atoms with Gasteiger partial charge in [0.1, 0.15) is 0 Å². The van der Waals surface area contributed by atoms with E-state index in [2.05, 4.69) is 18.3 Å². The average molecular weight is 160 g/mol. The van der Waals surface area contributed by atoms with Crippen molar-refractivity contribution in [1.29, 1.82) is 0 Å². The molecule has 0 unspecified atom stereocenters. The average Bonchev–Trinajstić information content (AvgIpc) is 1.98. The summed E-state index contributed by atoms with van der Waals surface area (Å²) in [6.07, 6.45) is 6.54. The largest absolute Gasteiger partial charge is 0.368 e. The molecule has 0 aliphatic carbocycles. The maximum Gasteiger partial charge on any atom is 0.0647 e. The Balaban J connectivity index is 3.55. The van der Waals surface area contributed by atoms with Crippen LogP contribution in [0.15, 0.2) is 11.1 Å². The number of hydrogen-bond acceptors (Lipinski definition) is 3. The lowest BCUT2D eigenvalue weighted by Crippen LogP contribution is -2.19. The summed E-state index contributed by atoms with van der Waals surface area (Å²) in [6.45, 7) is 2.69. The molecule has 0 spiro atoms. The molecule has 10 heavy (non-hydrogen) atoms. The van der Waals surface area contributed by atoms with Crippen LogP contribution in [0.2, 0.25) is 0 Å². The highest BCUT2D eigenvalue weighted by atomic mass is 32.2. The summed E-state index contributed by atoms with van der Waals surface area (Å²) in [6, 6.07) is 0. The second-order valence-corrected chi connectivity index (χ2v) is 2.79. The highest BCUT2D eigenvalue weighted by Crippen LogP contribution is 2.08. The molecule has 0 atom stereocenters. The number of unbranched alkanes of at least 4 members (excludes halogenated alkanes) is 1. The maximum absolute atomic E-state index is 5.31. The molecule has 0 bridgehead atoms. The Morgan fingerprint density at radius 2 is 2.40 bits per heavy atom. The molecular formula is C7H16N2S. The van der Waals surface area contributed by atoms with E-state index in [0.717, 1.165) is 6.42 Å². The van der Waals surface area contributed by atoms with Gasteiger partial charge in [-0.15, -0.1) is 11.8 Å². The third-order valence-electron chi connectivity index (χ3n) is 1.11. The highest BCUT2D eigenvalue weighted by molar-refractivity contribution is 8.02. The molecule has 0 amide bonds. The topological polar surface area (TPSA) is 38.0 Å². The molecule has 0 fully saturated rings. The molecule has 0 saturated carbocycles. The van der Waals surface area contributed by atoms with Gasteiger partial charge in [0.2, 0.25) is 0 Å². The first-order valence-corrected chi connectivity index (χ1v) is 4.75. The van der Waals surface area contributed by atoms with Crippen LogP contribution in [0.5, 0.6) is 0 Å². The van der Waals surface area contributed by atoms with Crippen LogP contribution in [0.25, 0.3) is 0 Å². The van der Waals surface area contributed by atoms with Gasteiger partial charge in [0.05, 0.1) is 11.7 Å². The van der Waals surface area contributed by atoms with Gasteiger partial charge in [-0.2, -0.15) is 0 Å². The molecule has 0 aromatic heterocycles. The van der Waals surface area contributed by atoms with Crippen LogP contribution in [0.3, 0.4) is 0 Å². The van der Waals surface area contributed by atoms with Crippen molar-refractivity contribution in [3.63, 3.8) is 0 Å². The van der Waals surface area contributed by atoms with Gasteiger partial charge >= 0.3 is 0 Å². The van der Waals surface area contributed by atoms with Gasteiger partial charge < -0.3 is 11.1 Å². The van der Waals surface area contributed by atoms with E-state index in [-0.39, 0.29) is 0 Å².